The van der Waals surface area contributed by atoms with E-state index in [1.807, 2.05) is 32.0 Å². The van der Waals surface area contributed by atoms with Crippen LogP contribution < -0.4 is 4.74 Å². The fraction of sp³-hybridized carbons (Fsp3) is 0.500. The average molecular weight is 236 g/mol. The predicted molar refractivity (Wildman–Crippen MR) is 67.3 cm³/mol. The quantitative estimate of drug-likeness (QED) is 0.562. The Kier molecular flexibility index (Phi) is 5.53. The summed E-state index contributed by atoms with van der Waals surface area (Å²) < 4.78 is 10.5. The van der Waals surface area contributed by atoms with Crippen molar-refractivity contribution in [1.82, 2.24) is 0 Å². The summed E-state index contributed by atoms with van der Waals surface area (Å²) in [5.41, 5.74) is 2.07. The molecule has 0 fully saturated rings. The smallest absolute Gasteiger partial charge is 0.344 e. The van der Waals surface area contributed by atoms with Crippen LogP contribution in [0.2, 0.25) is 0 Å². The first kappa shape index (κ1) is 13.6. The Morgan fingerprint density at radius 3 is 2.47 bits per heavy atom. The lowest BCUT2D eigenvalue weighted by Gasteiger charge is -2.11. The molecule has 0 saturated carbocycles. The lowest BCUT2D eigenvalue weighted by Crippen LogP contribution is -2.16. The highest BCUT2D eigenvalue weighted by molar-refractivity contribution is 5.71. The topological polar surface area (TPSA) is 35.5 Å². The first-order valence-electron chi connectivity index (χ1n) is 5.99. The molecule has 0 spiro atoms. The zero-order valence-corrected chi connectivity index (χ0v) is 10.8. The molecule has 3 nitrogen and oxygen atoms in total. The van der Waals surface area contributed by atoms with Crippen molar-refractivity contribution >= 4 is 5.97 Å². The van der Waals surface area contributed by atoms with Gasteiger partial charge in [0, 0.05) is 0 Å². The second kappa shape index (κ2) is 6.94. The van der Waals surface area contributed by atoms with Crippen molar-refractivity contribution in [2.75, 3.05) is 13.2 Å². The number of aryl methyl sites for hydroxylation is 2. The summed E-state index contributed by atoms with van der Waals surface area (Å²) in [5, 5.41) is 0. The molecule has 0 aliphatic heterocycles. The monoisotopic (exact) mass is 236 g/mol. The molecule has 0 aromatic heterocycles. The van der Waals surface area contributed by atoms with E-state index >= 15 is 0 Å². The van der Waals surface area contributed by atoms with Crippen LogP contribution in [0.15, 0.2) is 18.2 Å². The van der Waals surface area contributed by atoms with E-state index < -0.39 is 0 Å². The zero-order valence-electron chi connectivity index (χ0n) is 10.8. The number of benzene rings is 1. The van der Waals surface area contributed by atoms with Crippen LogP contribution in [0.5, 0.6) is 5.75 Å². The third-order valence-corrected chi connectivity index (χ3v) is 2.50. The number of hydrogen-bond acceptors (Lipinski definition) is 3. The number of esters is 1. The lowest BCUT2D eigenvalue weighted by molar-refractivity contribution is -0.146. The maximum absolute atomic E-state index is 11.4. The molecule has 0 bridgehead atoms. The highest BCUT2D eigenvalue weighted by Crippen LogP contribution is 2.22. The highest BCUT2D eigenvalue weighted by Gasteiger charge is 2.07. The first-order valence-corrected chi connectivity index (χ1v) is 5.99. The Morgan fingerprint density at radius 1 is 1.24 bits per heavy atom. The molecule has 1 rings (SSSR count). The van der Waals surface area contributed by atoms with E-state index in [0.29, 0.717) is 6.61 Å². The molecular weight excluding hydrogens is 216 g/mol. The van der Waals surface area contributed by atoms with Gasteiger partial charge in [-0.2, -0.15) is 0 Å². The third-order valence-electron chi connectivity index (χ3n) is 2.50. The fourth-order valence-corrected chi connectivity index (χ4v) is 1.53. The largest absolute Gasteiger partial charge is 0.481 e. The summed E-state index contributed by atoms with van der Waals surface area (Å²) in [4.78, 5) is 11.4. The van der Waals surface area contributed by atoms with Gasteiger partial charge in [-0.3, -0.25) is 0 Å². The maximum Gasteiger partial charge on any atom is 0.344 e. The Bertz CT molecular complexity index is 351. The molecule has 1 aromatic carbocycles. The van der Waals surface area contributed by atoms with Crippen LogP contribution in [-0.2, 0) is 9.53 Å². The maximum atomic E-state index is 11.4. The SMILES string of the molecule is CCCCOC(=O)COc1c(C)cccc1C. The average Bonchev–Trinajstić information content (AvgIpc) is 2.29. The number of ether oxygens (including phenoxy) is 2. The molecular formula is C14H20O3. The van der Waals surface area contributed by atoms with Gasteiger partial charge in [0.15, 0.2) is 6.61 Å². The number of hydrogen-bond donors (Lipinski definition) is 0. The molecule has 0 heterocycles. The van der Waals surface area contributed by atoms with Gasteiger partial charge in [0.1, 0.15) is 5.75 Å². The van der Waals surface area contributed by atoms with Crippen molar-refractivity contribution < 1.29 is 14.3 Å². The van der Waals surface area contributed by atoms with Crippen LogP contribution in [0.4, 0.5) is 0 Å². The molecule has 0 aliphatic carbocycles. The standard InChI is InChI=1S/C14H20O3/c1-4-5-9-16-13(15)10-17-14-11(2)7-6-8-12(14)3/h6-8H,4-5,9-10H2,1-3H3. The fourth-order valence-electron chi connectivity index (χ4n) is 1.53. The van der Waals surface area contributed by atoms with Gasteiger partial charge in [0.05, 0.1) is 6.61 Å². The molecule has 0 aliphatic rings. The minimum absolute atomic E-state index is 0.0184. The van der Waals surface area contributed by atoms with Gasteiger partial charge < -0.3 is 9.47 Å². The molecule has 0 amide bonds. The Balaban J connectivity index is 2.42. The van der Waals surface area contributed by atoms with Gasteiger partial charge in [0.25, 0.3) is 0 Å². The first-order chi connectivity index (χ1) is 8.15. The molecule has 0 saturated heterocycles. The Labute approximate surface area is 103 Å². The van der Waals surface area contributed by atoms with E-state index in [4.69, 9.17) is 9.47 Å². The second-order valence-electron chi connectivity index (χ2n) is 4.08. The van der Waals surface area contributed by atoms with Crippen LogP contribution in [0, 0.1) is 13.8 Å². The molecule has 0 unspecified atom stereocenters. The van der Waals surface area contributed by atoms with Gasteiger partial charge in [0.2, 0.25) is 0 Å². The van der Waals surface area contributed by atoms with Crippen LogP contribution in [-0.4, -0.2) is 19.2 Å². The van der Waals surface area contributed by atoms with Gasteiger partial charge in [-0.05, 0) is 31.4 Å². The highest BCUT2D eigenvalue weighted by atomic mass is 16.6. The number of unbranched alkanes of at least 4 members (excludes halogenated alkanes) is 1. The van der Waals surface area contributed by atoms with Crippen molar-refractivity contribution in [2.45, 2.75) is 33.6 Å². The van der Waals surface area contributed by atoms with Crippen molar-refractivity contribution in [1.29, 1.82) is 0 Å². The zero-order chi connectivity index (χ0) is 12.7. The van der Waals surface area contributed by atoms with Crippen molar-refractivity contribution in [3.8, 4) is 5.75 Å². The summed E-state index contributed by atoms with van der Waals surface area (Å²) in [6.45, 7) is 6.44. The van der Waals surface area contributed by atoms with E-state index in [-0.39, 0.29) is 12.6 Å². The summed E-state index contributed by atoms with van der Waals surface area (Å²) >= 11 is 0. The summed E-state index contributed by atoms with van der Waals surface area (Å²) in [6.07, 6.45) is 1.92. The van der Waals surface area contributed by atoms with Gasteiger partial charge in [-0.15, -0.1) is 0 Å². The van der Waals surface area contributed by atoms with Crippen LogP contribution in [0.3, 0.4) is 0 Å². The molecule has 3 heteroatoms. The molecule has 1 aromatic rings. The van der Waals surface area contributed by atoms with Crippen molar-refractivity contribution in [2.24, 2.45) is 0 Å². The number of carbonyl (C=O) groups excluding carboxylic acids is 1. The lowest BCUT2D eigenvalue weighted by atomic mass is 10.1. The van der Waals surface area contributed by atoms with Crippen LogP contribution >= 0.6 is 0 Å². The van der Waals surface area contributed by atoms with E-state index in [2.05, 4.69) is 6.92 Å². The minimum atomic E-state index is -0.305. The van der Waals surface area contributed by atoms with Crippen LogP contribution in [0.1, 0.15) is 30.9 Å². The van der Waals surface area contributed by atoms with E-state index in [1.165, 1.54) is 0 Å². The van der Waals surface area contributed by atoms with E-state index in [9.17, 15) is 4.79 Å². The summed E-state index contributed by atoms with van der Waals surface area (Å²) in [5.74, 6) is 0.473. The van der Waals surface area contributed by atoms with E-state index in [0.717, 1.165) is 29.7 Å². The van der Waals surface area contributed by atoms with Crippen LogP contribution in [0.25, 0.3) is 0 Å². The molecule has 94 valence electrons. The Hall–Kier alpha value is -1.51. The molecule has 0 radical (unpaired) electrons. The van der Waals surface area contributed by atoms with E-state index in [1.54, 1.807) is 0 Å². The number of carbonyl (C=O) groups is 1. The second-order valence-corrected chi connectivity index (χ2v) is 4.08. The minimum Gasteiger partial charge on any atom is -0.481 e. The van der Waals surface area contributed by atoms with Gasteiger partial charge in [-0.25, -0.2) is 4.79 Å². The summed E-state index contributed by atoms with van der Waals surface area (Å²) in [6, 6.07) is 5.90. The third kappa shape index (κ3) is 4.47. The predicted octanol–water partition coefficient (Wildman–Crippen LogP) is 3.03. The van der Waals surface area contributed by atoms with Crippen molar-refractivity contribution in [3.63, 3.8) is 0 Å². The number of rotatable bonds is 6. The molecule has 0 N–H and O–H groups in total. The molecule has 0 atom stereocenters. The Morgan fingerprint density at radius 2 is 1.88 bits per heavy atom. The van der Waals surface area contributed by atoms with Crippen molar-refractivity contribution in [3.05, 3.63) is 29.3 Å². The van der Waals surface area contributed by atoms with Gasteiger partial charge >= 0.3 is 5.97 Å². The normalized spacial score (nSPS) is 10.1. The number of para-hydroxylation sites is 1. The molecule has 17 heavy (non-hydrogen) atoms. The van der Waals surface area contributed by atoms with Gasteiger partial charge in [-0.1, -0.05) is 31.5 Å². The summed E-state index contributed by atoms with van der Waals surface area (Å²) in [7, 11) is 0.